The Morgan fingerprint density at radius 1 is 0.933 bits per heavy atom. The van der Waals surface area contributed by atoms with E-state index in [0.29, 0.717) is 26.8 Å². The minimum absolute atomic E-state index is 0.137. The van der Waals surface area contributed by atoms with Crippen molar-refractivity contribution >= 4 is 57.1 Å². The van der Waals surface area contributed by atoms with Gasteiger partial charge in [0, 0.05) is 24.0 Å². The van der Waals surface area contributed by atoms with Crippen LogP contribution in [0.5, 0.6) is 0 Å². The van der Waals surface area contributed by atoms with Crippen LogP contribution in [0.2, 0.25) is 0 Å². The lowest BCUT2D eigenvalue weighted by Gasteiger charge is -2.07. The van der Waals surface area contributed by atoms with Crippen LogP contribution in [0.3, 0.4) is 0 Å². The largest absolute Gasteiger partial charge is 0.330 e. The summed E-state index contributed by atoms with van der Waals surface area (Å²) in [5.74, 6) is 0.443. The van der Waals surface area contributed by atoms with Crippen molar-refractivity contribution in [2.45, 2.75) is 31.0 Å². The van der Waals surface area contributed by atoms with E-state index in [4.69, 9.17) is 0 Å². The fourth-order valence-electron chi connectivity index (χ4n) is 2.56. The molecule has 2 amide bonds. The van der Waals surface area contributed by atoms with Gasteiger partial charge in [-0.15, -0.1) is 10.2 Å². The maximum Gasteiger partial charge on any atom is 0.234 e. The Bertz CT molecular complexity index is 1000. The fourth-order valence-corrected chi connectivity index (χ4v) is 4.13. The van der Waals surface area contributed by atoms with Crippen molar-refractivity contribution in [3.05, 3.63) is 54.1 Å². The van der Waals surface area contributed by atoms with E-state index < -0.39 is 0 Å². The molecule has 3 N–H and O–H groups in total. The van der Waals surface area contributed by atoms with E-state index in [2.05, 4.69) is 52.1 Å². The highest BCUT2D eigenvalue weighted by atomic mass is 32.2. The number of thioether (sulfide) groups is 1. The number of nitrogens with one attached hydrogen (secondary N) is 3. The summed E-state index contributed by atoms with van der Waals surface area (Å²) in [6.07, 6.45) is 0. The number of nitrogens with zero attached hydrogens (tertiary/aromatic N) is 2. The molecule has 156 valence electrons. The van der Waals surface area contributed by atoms with Crippen molar-refractivity contribution < 1.29 is 9.59 Å². The minimum atomic E-state index is -0.138. The summed E-state index contributed by atoms with van der Waals surface area (Å²) in [5.41, 5.74) is 3.58. The minimum Gasteiger partial charge on any atom is -0.330 e. The van der Waals surface area contributed by atoms with Gasteiger partial charge in [0.05, 0.1) is 5.75 Å². The van der Waals surface area contributed by atoms with Gasteiger partial charge in [-0.3, -0.25) is 9.59 Å². The predicted octanol–water partition coefficient (Wildman–Crippen LogP) is 5.09. The molecular weight excluding hydrogens is 418 g/mol. The number of amides is 2. The van der Waals surface area contributed by atoms with E-state index in [1.807, 2.05) is 12.1 Å². The molecule has 0 bridgehead atoms. The van der Waals surface area contributed by atoms with Crippen molar-refractivity contribution in [3.8, 4) is 0 Å². The molecule has 0 saturated carbocycles. The summed E-state index contributed by atoms with van der Waals surface area (Å²) in [6.45, 7) is 5.77. The quantitative estimate of drug-likeness (QED) is 0.421. The lowest BCUT2D eigenvalue weighted by atomic mass is 10.0. The molecule has 0 saturated heterocycles. The number of anilines is 4. The van der Waals surface area contributed by atoms with Crippen LogP contribution in [0.15, 0.2) is 52.9 Å². The van der Waals surface area contributed by atoms with E-state index in [0.717, 1.165) is 5.69 Å². The average Bonchev–Trinajstić information content (AvgIpc) is 3.15. The number of carbonyl (C=O) groups is 2. The molecule has 0 radical (unpaired) electrons. The molecule has 0 aliphatic carbocycles. The van der Waals surface area contributed by atoms with Crippen LogP contribution >= 0.6 is 23.1 Å². The second-order valence-corrected chi connectivity index (χ2v) is 9.07. The molecule has 0 spiro atoms. The van der Waals surface area contributed by atoms with Gasteiger partial charge >= 0.3 is 0 Å². The van der Waals surface area contributed by atoms with Gasteiger partial charge < -0.3 is 16.0 Å². The molecule has 0 aliphatic heterocycles. The zero-order valence-corrected chi connectivity index (χ0v) is 18.6. The van der Waals surface area contributed by atoms with Gasteiger partial charge in [0.15, 0.2) is 4.34 Å². The van der Waals surface area contributed by atoms with E-state index in [1.54, 1.807) is 24.3 Å². The van der Waals surface area contributed by atoms with Gasteiger partial charge in [-0.05, 0) is 47.9 Å². The fraction of sp³-hybridized carbons (Fsp3) is 0.238. The first-order chi connectivity index (χ1) is 14.4. The third-order valence-corrected chi connectivity index (χ3v) is 6.02. The topological polar surface area (TPSA) is 96.0 Å². The molecule has 7 nitrogen and oxygen atoms in total. The van der Waals surface area contributed by atoms with Crippen molar-refractivity contribution in [2.75, 3.05) is 21.7 Å². The Kier molecular flexibility index (Phi) is 7.42. The number of aromatic nitrogens is 2. The van der Waals surface area contributed by atoms with Crippen molar-refractivity contribution in [3.63, 3.8) is 0 Å². The average molecular weight is 442 g/mol. The molecule has 1 aromatic heterocycles. The van der Waals surface area contributed by atoms with Crippen molar-refractivity contribution in [2.24, 2.45) is 0 Å². The first-order valence-corrected chi connectivity index (χ1v) is 11.2. The Hall–Kier alpha value is -2.91. The summed E-state index contributed by atoms with van der Waals surface area (Å²) in [4.78, 5) is 23.2. The molecule has 3 rings (SSSR count). The Morgan fingerprint density at radius 3 is 2.13 bits per heavy atom. The number of hydrogen-bond donors (Lipinski definition) is 3. The molecule has 0 aliphatic rings. The summed E-state index contributed by atoms with van der Waals surface area (Å²) in [6, 6.07) is 15.2. The van der Waals surface area contributed by atoms with E-state index in [1.165, 1.54) is 35.6 Å². The van der Waals surface area contributed by atoms with Crippen LogP contribution < -0.4 is 16.0 Å². The van der Waals surface area contributed by atoms with Crippen LogP contribution in [-0.2, 0) is 9.59 Å². The van der Waals surface area contributed by atoms with Gasteiger partial charge in [-0.1, -0.05) is 49.1 Å². The van der Waals surface area contributed by atoms with Crippen LogP contribution in [0, 0.1) is 0 Å². The number of benzene rings is 2. The molecule has 0 atom stereocenters. The third-order valence-electron chi connectivity index (χ3n) is 4.05. The zero-order chi connectivity index (χ0) is 21.5. The van der Waals surface area contributed by atoms with Crippen LogP contribution in [0.4, 0.5) is 22.2 Å². The molecule has 3 aromatic rings. The maximum atomic E-state index is 12.2. The van der Waals surface area contributed by atoms with Crippen molar-refractivity contribution in [1.82, 2.24) is 10.2 Å². The smallest absolute Gasteiger partial charge is 0.234 e. The Morgan fingerprint density at radius 2 is 1.53 bits per heavy atom. The monoisotopic (exact) mass is 441 g/mol. The summed E-state index contributed by atoms with van der Waals surface area (Å²) in [5, 5.41) is 17.7. The van der Waals surface area contributed by atoms with E-state index >= 15 is 0 Å². The molecule has 30 heavy (non-hydrogen) atoms. The van der Waals surface area contributed by atoms with Gasteiger partial charge in [0.2, 0.25) is 16.9 Å². The molecule has 2 aromatic carbocycles. The highest BCUT2D eigenvalue weighted by molar-refractivity contribution is 8.01. The summed E-state index contributed by atoms with van der Waals surface area (Å²) in [7, 11) is 0. The first-order valence-electron chi connectivity index (χ1n) is 9.40. The zero-order valence-electron chi connectivity index (χ0n) is 16.9. The summed E-state index contributed by atoms with van der Waals surface area (Å²) >= 11 is 2.74. The highest BCUT2D eigenvalue weighted by Crippen LogP contribution is 2.28. The second kappa shape index (κ2) is 10.2. The lowest BCUT2D eigenvalue weighted by Crippen LogP contribution is -2.14. The van der Waals surface area contributed by atoms with Crippen LogP contribution in [0.1, 0.15) is 32.3 Å². The maximum absolute atomic E-state index is 12.2. The van der Waals surface area contributed by atoms with Gasteiger partial charge in [-0.25, -0.2) is 0 Å². The van der Waals surface area contributed by atoms with Gasteiger partial charge in [0.25, 0.3) is 0 Å². The number of carbonyl (C=O) groups excluding carboxylic acids is 2. The van der Waals surface area contributed by atoms with E-state index in [-0.39, 0.29) is 17.6 Å². The second-order valence-electron chi connectivity index (χ2n) is 6.87. The SMILES string of the molecule is CC(=O)Nc1ccc(NC(=O)CSc2nnc(Nc3ccc(C(C)C)cc3)s2)cc1. The molecule has 0 fully saturated rings. The highest BCUT2D eigenvalue weighted by Gasteiger charge is 2.09. The molecular formula is C21H23N5O2S2. The van der Waals surface area contributed by atoms with Gasteiger partial charge in [-0.2, -0.15) is 0 Å². The number of hydrogen-bond acceptors (Lipinski definition) is 7. The van der Waals surface area contributed by atoms with E-state index in [9.17, 15) is 9.59 Å². The number of rotatable bonds is 8. The Labute approximate surface area is 183 Å². The standard InChI is InChI=1S/C21H23N5O2S2/c1-13(2)15-4-6-18(7-5-15)24-20-25-26-21(30-20)29-12-19(28)23-17-10-8-16(9-11-17)22-14(3)27/h4-11,13H,12H2,1-3H3,(H,22,27)(H,23,28)(H,24,25). The van der Waals surface area contributed by atoms with Crippen LogP contribution in [-0.4, -0.2) is 27.8 Å². The first kappa shape index (κ1) is 21.8. The lowest BCUT2D eigenvalue weighted by molar-refractivity contribution is -0.114. The van der Waals surface area contributed by atoms with Crippen molar-refractivity contribution in [1.29, 1.82) is 0 Å². The molecule has 0 unspecified atom stereocenters. The molecule has 9 heteroatoms. The summed E-state index contributed by atoms with van der Waals surface area (Å²) < 4.78 is 0.715. The van der Waals surface area contributed by atoms with Gasteiger partial charge in [0.1, 0.15) is 0 Å². The Balaban J connectivity index is 1.47. The predicted molar refractivity (Wildman–Crippen MR) is 124 cm³/mol. The normalized spacial score (nSPS) is 10.7. The third kappa shape index (κ3) is 6.57. The van der Waals surface area contributed by atoms with Crippen LogP contribution in [0.25, 0.3) is 0 Å². The molecule has 1 heterocycles.